The predicted molar refractivity (Wildman–Crippen MR) is 65.0 cm³/mol. The SMILES string of the molecule is CC1CCC(N2CCCNCCC2)C1C. The molecule has 1 saturated heterocycles. The third-order valence-electron chi connectivity index (χ3n) is 4.49. The van der Waals surface area contributed by atoms with Gasteiger partial charge in [-0.15, -0.1) is 0 Å². The van der Waals surface area contributed by atoms with Crippen LogP contribution in [0, 0.1) is 11.8 Å². The summed E-state index contributed by atoms with van der Waals surface area (Å²) in [6.07, 6.45) is 5.55. The first-order valence-corrected chi connectivity index (χ1v) is 6.74. The zero-order valence-corrected chi connectivity index (χ0v) is 10.3. The van der Waals surface area contributed by atoms with Gasteiger partial charge in [0.1, 0.15) is 0 Å². The van der Waals surface area contributed by atoms with E-state index in [1.54, 1.807) is 0 Å². The van der Waals surface area contributed by atoms with Crippen LogP contribution in [0.4, 0.5) is 0 Å². The molecule has 0 amide bonds. The number of hydrogen-bond donors (Lipinski definition) is 1. The summed E-state index contributed by atoms with van der Waals surface area (Å²) >= 11 is 0. The molecule has 88 valence electrons. The molecule has 0 spiro atoms. The molecule has 2 fully saturated rings. The third kappa shape index (κ3) is 2.73. The number of nitrogens with one attached hydrogen (secondary N) is 1. The average molecular weight is 210 g/mol. The van der Waals surface area contributed by atoms with Crippen molar-refractivity contribution in [2.24, 2.45) is 11.8 Å². The van der Waals surface area contributed by atoms with Crippen molar-refractivity contribution in [1.29, 1.82) is 0 Å². The molecule has 2 aliphatic rings. The summed E-state index contributed by atoms with van der Waals surface area (Å²) in [4.78, 5) is 2.77. The van der Waals surface area contributed by atoms with E-state index in [1.165, 1.54) is 51.9 Å². The van der Waals surface area contributed by atoms with E-state index in [4.69, 9.17) is 0 Å². The minimum Gasteiger partial charge on any atom is -0.317 e. The molecule has 1 aliphatic carbocycles. The summed E-state index contributed by atoms with van der Waals surface area (Å²) in [7, 11) is 0. The number of hydrogen-bond acceptors (Lipinski definition) is 2. The summed E-state index contributed by atoms with van der Waals surface area (Å²) < 4.78 is 0. The Labute approximate surface area is 94.4 Å². The van der Waals surface area contributed by atoms with Gasteiger partial charge in [0.05, 0.1) is 0 Å². The van der Waals surface area contributed by atoms with Gasteiger partial charge >= 0.3 is 0 Å². The second-order valence-electron chi connectivity index (χ2n) is 5.47. The maximum Gasteiger partial charge on any atom is 0.0123 e. The molecule has 0 aromatic heterocycles. The quantitative estimate of drug-likeness (QED) is 0.713. The van der Waals surface area contributed by atoms with Gasteiger partial charge in [-0.2, -0.15) is 0 Å². The molecule has 0 bridgehead atoms. The molecule has 3 unspecified atom stereocenters. The van der Waals surface area contributed by atoms with Crippen LogP contribution in [0.15, 0.2) is 0 Å². The summed E-state index contributed by atoms with van der Waals surface area (Å²) in [6.45, 7) is 9.94. The van der Waals surface area contributed by atoms with Crippen LogP contribution in [0.3, 0.4) is 0 Å². The minimum atomic E-state index is 0.887. The molecule has 0 aromatic rings. The van der Waals surface area contributed by atoms with Gasteiger partial charge in [0, 0.05) is 6.04 Å². The van der Waals surface area contributed by atoms with Gasteiger partial charge < -0.3 is 10.2 Å². The Hall–Kier alpha value is -0.0800. The Morgan fingerprint density at radius 2 is 1.67 bits per heavy atom. The van der Waals surface area contributed by atoms with Gasteiger partial charge in [0.25, 0.3) is 0 Å². The molecule has 0 aromatic carbocycles. The first kappa shape index (κ1) is 11.4. The largest absolute Gasteiger partial charge is 0.317 e. The first-order valence-electron chi connectivity index (χ1n) is 6.74. The van der Waals surface area contributed by atoms with Gasteiger partial charge in [0.15, 0.2) is 0 Å². The second-order valence-corrected chi connectivity index (χ2v) is 5.47. The Balaban J connectivity index is 1.90. The van der Waals surface area contributed by atoms with Crippen LogP contribution in [0.5, 0.6) is 0 Å². The van der Waals surface area contributed by atoms with Gasteiger partial charge in [-0.05, 0) is 63.7 Å². The molecule has 1 saturated carbocycles. The molecule has 2 rings (SSSR count). The molecule has 15 heavy (non-hydrogen) atoms. The topological polar surface area (TPSA) is 15.3 Å². The van der Waals surface area contributed by atoms with Crippen LogP contribution < -0.4 is 5.32 Å². The third-order valence-corrected chi connectivity index (χ3v) is 4.49. The standard InChI is InChI=1S/C13H26N2/c1-11-5-6-13(12(11)2)15-9-3-7-14-8-4-10-15/h11-14H,3-10H2,1-2H3. The fourth-order valence-corrected chi connectivity index (χ4v) is 3.24. The lowest BCUT2D eigenvalue weighted by molar-refractivity contribution is 0.146. The number of rotatable bonds is 1. The average Bonchev–Trinajstić information content (AvgIpc) is 2.48. The van der Waals surface area contributed by atoms with E-state index >= 15 is 0 Å². The first-order chi connectivity index (χ1) is 7.29. The molecule has 3 atom stereocenters. The van der Waals surface area contributed by atoms with Crippen molar-refractivity contribution in [2.45, 2.75) is 45.6 Å². The highest BCUT2D eigenvalue weighted by molar-refractivity contribution is 4.87. The van der Waals surface area contributed by atoms with Gasteiger partial charge in [-0.1, -0.05) is 13.8 Å². The zero-order chi connectivity index (χ0) is 10.7. The van der Waals surface area contributed by atoms with Crippen LogP contribution >= 0.6 is 0 Å². The van der Waals surface area contributed by atoms with E-state index in [-0.39, 0.29) is 0 Å². The highest BCUT2D eigenvalue weighted by Gasteiger charge is 2.33. The highest BCUT2D eigenvalue weighted by atomic mass is 15.2. The maximum absolute atomic E-state index is 3.49. The lowest BCUT2D eigenvalue weighted by Gasteiger charge is -2.34. The monoisotopic (exact) mass is 210 g/mol. The van der Waals surface area contributed by atoms with Crippen molar-refractivity contribution in [2.75, 3.05) is 26.2 Å². The second kappa shape index (κ2) is 5.31. The molecule has 2 heteroatoms. The fraction of sp³-hybridized carbons (Fsp3) is 1.00. The van der Waals surface area contributed by atoms with Crippen molar-refractivity contribution in [3.05, 3.63) is 0 Å². The smallest absolute Gasteiger partial charge is 0.0123 e. The van der Waals surface area contributed by atoms with Crippen molar-refractivity contribution in [3.8, 4) is 0 Å². The summed E-state index contributed by atoms with van der Waals surface area (Å²) in [6, 6.07) is 0.887. The molecule has 0 radical (unpaired) electrons. The highest BCUT2D eigenvalue weighted by Crippen LogP contribution is 2.34. The van der Waals surface area contributed by atoms with Crippen LogP contribution in [0.2, 0.25) is 0 Å². The van der Waals surface area contributed by atoms with Gasteiger partial charge in [0.2, 0.25) is 0 Å². The summed E-state index contributed by atoms with van der Waals surface area (Å²) in [5.74, 6) is 1.86. The lowest BCUT2D eigenvalue weighted by Crippen LogP contribution is -2.42. The van der Waals surface area contributed by atoms with E-state index in [0.717, 1.165) is 17.9 Å². The Morgan fingerprint density at radius 1 is 1.00 bits per heavy atom. The maximum atomic E-state index is 3.49. The van der Waals surface area contributed by atoms with E-state index in [2.05, 4.69) is 24.1 Å². The Bertz CT molecular complexity index is 185. The van der Waals surface area contributed by atoms with Crippen LogP contribution in [0.25, 0.3) is 0 Å². The molecule has 1 N–H and O–H groups in total. The van der Waals surface area contributed by atoms with Crippen molar-refractivity contribution in [1.82, 2.24) is 10.2 Å². The Morgan fingerprint density at radius 3 is 2.20 bits per heavy atom. The molecule has 2 nitrogen and oxygen atoms in total. The van der Waals surface area contributed by atoms with E-state index in [1.807, 2.05) is 0 Å². The summed E-state index contributed by atoms with van der Waals surface area (Å²) in [5, 5.41) is 3.49. The van der Waals surface area contributed by atoms with Crippen LogP contribution in [-0.2, 0) is 0 Å². The minimum absolute atomic E-state index is 0.887. The van der Waals surface area contributed by atoms with E-state index < -0.39 is 0 Å². The molecular formula is C13H26N2. The number of nitrogens with zero attached hydrogens (tertiary/aromatic N) is 1. The fourth-order valence-electron chi connectivity index (χ4n) is 3.24. The van der Waals surface area contributed by atoms with Gasteiger partial charge in [-0.25, -0.2) is 0 Å². The van der Waals surface area contributed by atoms with Crippen molar-refractivity contribution < 1.29 is 0 Å². The van der Waals surface area contributed by atoms with Crippen molar-refractivity contribution in [3.63, 3.8) is 0 Å². The molecule has 1 heterocycles. The predicted octanol–water partition coefficient (Wildman–Crippen LogP) is 2.11. The molecule has 1 aliphatic heterocycles. The lowest BCUT2D eigenvalue weighted by atomic mass is 9.96. The van der Waals surface area contributed by atoms with Crippen LogP contribution in [-0.4, -0.2) is 37.1 Å². The Kier molecular flexibility index (Phi) is 4.04. The zero-order valence-electron chi connectivity index (χ0n) is 10.3. The van der Waals surface area contributed by atoms with Gasteiger partial charge in [-0.3, -0.25) is 0 Å². The van der Waals surface area contributed by atoms with E-state index in [9.17, 15) is 0 Å². The molecular weight excluding hydrogens is 184 g/mol. The normalized spacial score (nSPS) is 40.0. The van der Waals surface area contributed by atoms with Crippen molar-refractivity contribution >= 4 is 0 Å². The summed E-state index contributed by atoms with van der Waals surface area (Å²) in [5.41, 5.74) is 0. The van der Waals surface area contributed by atoms with E-state index in [0.29, 0.717) is 0 Å². The van der Waals surface area contributed by atoms with Crippen LogP contribution in [0.1, 0.15) is 39.5 Å².